The maximum Gasteiger partial charge on any atom is 0.262 e. The third-order valence-corrected chi connectivity index (χ3v) is 5.00. The number of rotatable bonds is 5. The van der Waals surface area contributed by atoms with E-state index in [1.165, 1.54) is 16.3 Å². The van der Waals surface area contributed by atoms with Crippen LogP contribution in [0.3, 0.4) is 0 Å². The van der Waals surface area contributed by atoms with Crippen molar-refractivity contribution in [2.24, 2.45) is 7.05 Å². The third kappa shape index (κ3) is 3.04. The average Bonchev–Trinajstić information content (AvgIpc) is 3.07. The van der Waals surface area contributed by atoms with Gasteiger partial charge in [0.2, 0.25) is 5.78 Å². The molecular formula is C17H18N6O2S. The van der Waals surface area contributed by atoms with Gasteiger partial charge in [-0.15, -0.1) is 10.2 Å². The summed E-state index contributed by atoms with van der Waals surface area (Å²) in [6, 6.07) is 7.05. The summed E-state index contributed by atoms with van der Waals surface area (Å²) >= 11 is 1.23. The van der Waals surface area contributed by atoms with Gasteiger partial charge in [0.05, 0.1) is 22.7 Å². The molecule has 3 rings (SSSR count). The molecule has 134 valence electrons. The van der Waals surface area contributed by atoms with Gasteiger partial charge in [-0.25, -0.2) is 0 Å². The zero-order valence-corrected chi connectivity index (χ0v) is 15.5. The standard InChI is InChI=1S/C17H18N6O2S/c1-4-10(2)19-14(24)11-5-6-12-13(9-11)23-16(22(3)15(12)25)20-21-17(23)26-8-7-18/h5-6,9-10H,4,8H2,1-3H3,(H,19,24). The highest BCUT2D eigenvalue weighted by Gasteiger charge is 2.17. The van der Waals surface area contributed by atoms with Crippen molar-refractivity contribution < 1.29 is 4.79 Å². The number of carbonyl (C=O) groups is 1. The van der Waals surface area contributed by atoms with Crippen LogP contribution in [-0.2, 0) is 7.05 Å². The van der Waals surface area contributed by atoms with E-state index in [0.29, 0.717) is 27.4 Å². The Kier molecular flexibility index (Phi) is 4.95. The molecule has 0 radical (unpaired) electrons. The van der Waals surface area contributed by atoms with Crippen LogP contribution in [0, 0.1) is 11.3 Å². The molecule has 0 fully saturated rings. The molecule has 3 aromatic rings. The lowest BCUT2D eigenvalue weighted by atomic mass is 10.1. The number of nitrogens with zero attached hydrogens (tertiary/aromatic N) is 5. The Morgan fingerprint density at radius 2 is 2.19 bits per heavy atom. The molecule has 2 heterocycles. The van der Waals surface area contributed by atoms with Gasteiger partial charge in [0.1, 0.15) is 0 Å². The van der Waals surface area contributed by atoms with Crippen LogP contribution >= 0.6 is 11.8 Å². The molecule has 0 saturated heterocycles. The number of thioether (sulfide) groups is 1. The molecule has 0 aliphatic heterocycles. The van der Waals surface area contributed by atoms with Gasteiger partial charge in [-0.3, -0.25) is 18.6 Å². The van der Waals surface area contributed by atoms with E-state index in [9.17, 15) is 9.59 Å². The van der Waals surface area contributed by atoms with E-state index in [1.54, 1.807) is 29.6 Å². The van der Waals surface area contributed by atoms with Gasteiger partial charge < -0.3 is 5.32 Å². The molecule has 0 saturated carbocycles. The van der Waals surface area contributed by atoms with E-state index in [0.717, 1.165) is 6.42 Å². The Morgan fingerprint density at radius 3 is 2.88 bits per heavy atom. The Hall–Kier alpha value is -2.86. The largest absolute Gasteiger partial charge is 0.350 e. The second-order valence-corrected chi connectivity index (χ2v) is 6.89. The number of aryl methyl sites for hydroxylation is 1. The fourth-order valence-corrected chi connectivity index (χ4v) is 3.20. The van der Waals surface area contributed by atoms with Crippen molar-refractivity contribution in [2.45, 2.75) is 31.5 Å². The van der Waals surface area contributed by atoms with Crippen LogP contribution < -0.4 is 10.9 Å². The molecule has 1 amide bonds. The van der Waals surface area contributed by atoms with Gasteiger partial charge in [0.15, 0.2) is 5.16 Å². The molecule has 0 aliphatic rings. The first kappa shape index (κ1) is 17.9. The van der Waals surface area contributed by atoms with Gasteiger partial charge in [0.25, 0.3) is 11.5 Å². The number of amides is 1. The van der Waals surface area contributed by atoms with Crippen molar-refractivity contribution in [2.75, 3.05) is 5.75 Å². The molecule has 0 aliphatic carbocycles. The van der Waals surface area contributed by atoms with Crippen LogP contribution in [0.4, 0.5) is 0 Å². The van der Waals surface area contributed by atoms with E-state index < -0.39 is 0 Å². The number of hydrogen-bond donors (Lipinski definition) is 1. The fourth-order valence-electron chi connectivity index (χ4n) is 2.60. The number of carbonyl (C=O) groups excluding carboxylic acids is 1. The summed E-state index contributed by atoms with van der Waals surface area (Å²) in [6.07, 6.45) is 0.824. The molecule has 0 spiro atoms. The van der Waals surface area contributed by atoms with Gasteiger partial charge in [-0.1, -0.05) is 18.7 Å². The van der Waals surface area contributed by atoms with Crippen LogP contribution in [0.5, 0.6) is 0 Å². The van der Waals surface area contributed by atoms with Gasteiger partial charge >= 0.3 is 0 Å². The molecule has 26 heavy (non-hydrogen) atoms. The van der Waals surface area contributed by atoms with Crippen molar-refractivity contribution in [3.63, 3.8) is 0 Å². The van der Waals surface area contributed by atoms with Gasteiger partial charge in [-0.2, -0.15) is 5.26 Å². The average molecular weight is 370 g/mol. The summed E-state index contributed by atoms with van der Waals surface area (Å²) in [5, 5.41) is 20.9. The van der Waals surface area contributed by atoms with Crippen LogP contribution in [0.1, 0.15) is 30.6 Å². The van der Waals surface area contributed by atoms with Crippen molar-refractivity contribution in [3.05, 3.63) is 34.1 Å². The maximum atomic E-state index is 12.6. The summed E-state index contributed by atoms with van der Waals surface area (Å²) in [6.45, 7) is 3.93. The first-order valence-corrected chi connectivity index (χ1v) is 9.15. The molecule has 1 unspecified atom stereocenters. The molecule has 1 atom stereocenters. The molecule has 2 aromatic heterocycles. The Bertz CT molecular complexity index is 1090. The van der Waals surface area contributed by atoms with Crippen molar-refractivity contribution in [3.8, 4) is 6.07 Å². The molecule has 8 nitrogen and oxygen atoms in total. The molecule has 9 heteroatoms. The van der Waals surface area contributed by atoms with Gasteiger partial charge in [0, 0.05) is 18.7 Å². The smallest absolute Gasteiger partial charge is 0.262 e. The Morgan fingerprint density at radius 1 is 1.42 bits per heavy atom. The predicted octanol–water partition coefficient (Wildman–Crippen LogP) is 1.73. The Balaban J connectivity index is 2.23. The van der Waals surface area contributed by atoms with E-state index >= 15 is 0 Å². The number of hydrogen-bond acceptors (Lipinski definition) is 6. The molecular weight excluding hydrogens is 352 g/mol. The molecule has 1 aromatic carbocycles. The molecule has 1 N–H and O–H groups in total. The van der Waals surface area contributed by atoms with Crippen LogP contribution in [0.15, 0.2) is 28.2 Å². The number of fused-ring (bicyclic) bond motifs is 3. The zero-order chi connectivity index (χ0) is 18.8. The van der Waals surface area contributed by atoms with Crippen LogP contribution in [0.25, 0.3) is 16.7 Å². The summed E-state index contributed by atoms with van der Waals surface area (Å²) in [5.74, 6) is 0.371. The minimum Gasteiger partial charge on any atom is -0.350 e. The minimum atomic E-state index is -0.217. The van der Waals surface area contributed by atoms with Crippen molar-refractivity contribution >= 4 is 34.3 Å². The highest BCUT2D eigenvalue weighted by Crippen LogP contribution is 2.22. The first-order chi connectivity index (χ1) is 12.5. The number of nitrogens with one attached hydrogen (secondary N) is 1. The second-order valence-electron chi connectivity index (χ2n) is 5.94. The quantitative estimate of drug-likeness (QED) is 0.686. The SMILES string of the molecule is CCC(C)NC(=O)c1ccc2c(=O)n(C)c3nnc(SCC#N)n3c2c1. The number of benzene rings is 1. The summed E-state index contributed by atoms with van der Waals surface area (Å²) in [7, 11) is 1.62. The van der Waals surface area contributed by atoms with E-state index in [2.05, 4.69) is 21.6 Å². The summed E-state index contributed by atoms with van der Waals surface area (Å²) in [5.41, 5.74) is 0.785. The Labute approximate surface area is 153 Å². The number of aromatic nitrogens is 4. The first-order valence-electron chi connectivity index (χ1n) is 8.16. The zero-order valence-electron chi connectivity index (χ0n) is 14.7. The number of nitriles is 1. The normalized spacial score (nSPS) is 12.2. The third-order valence-electron chi connectivity index (χ3n) is 4.21. The van der Waals surface area contributed by atoms with Crippen molar-refractivity contribution in [1.82, 2.24) is 24.5 Å². The highest BCUT2D eigenvalue weighted by atomic mass is 32.2. The van der Waals surface area contributed by atoms with E-state index in [4.69, 9.17) is 5.26 Å². The summed E-state index contributed by atoms with van der Waals surface area (Å²) < 4.78 is 3.11. The topological polar surface area (TPSA) is 105 Å². The van der Waals surface area contributed by atoms with Crippen LogP contribution in [-0.4, -0.2) is 36.9 Å². The lowest BCUT2D eigenvalue weighted by Crippen LogP contribution is -2.32. The predicted molar refractivity (Wildman–Crippen MR) is 99.3 cm³/mol. The fraction of sp³-hybridized carbons (Fsp3) is 0.353. The lowest BCUT2D eigenvalue weighted by molar-refractivity contribution is 0.0939. The highest BCUT2D eigenvalue weighted by molar-refractivity contribution is 7.99. The van der Waals surface area contributed by atoms with Crippen molar-refractivity contribution in [1.29, 1.82) is 5.26 Å². The minimum absolute atomic E-state index is 0.0542. The van der Waals surface area contributed by atoms with E-state index in [1.807, 2.05) is 13.8 Å². The monoisotopic (exact) mass is 370 g/mol. The van der Waals surface area contributed by atoms with E-state index in [-0.39, 0.29) is 23.3 Å². The maximum absolute atomic E-state index is 12.6. The van der Waals surface area contributed by atoms with Gasteiger partial charge in [-0.05, 0) is 31.5 Å². The van der Waals surface area contributed by atoms with Crippen LogP contribution in [0.2, 0.25) is 0 Å². The lowest BCUT2D eigenvalue weighted by Gasteiger charge is -2.12. The summed E-state index contributed by atoms with van der Waals surface area (Å²) in [4.78, 5) is 25.1. The second kappa shape index (κ2) is 7.17. The molecule has 0 bridgehead atoms.